The molecule has 0 aromatic heterocycles. The molecule has 0 saturated carbocycles. The molecule has 1 aliphatic heterocycles. The molecule has 0 atom stereocenters. The Morgan fingerprint density at radius 1 is 1.13 bits per heavy atom. The summed E-state index contributed by atoms with van der Waals surface area (Å²) < 4.78 is 5.33. The molecule has 5 heteroatoms. The number of ether oxygens (including phenoxy) is 1. The van der Waals surface area contributed by atoms with Gasteiger partial charge < -0.3 is 10.1 Å². The first-order chi connectivity index (χ1) is 11.3. The number of carbonyl (C=O) groups excluding carboxylic acids is 1. The first kappa shape index (κ1) is 16.3. The molecule has 0 aliphatic carbocycles. The second-order valence-electron chi connectivity index (χ2n) is 5.62. The van der Waals surface area contributed by atoms with E-state index in [1.54, 1.807) is 11.8 Å². The van der Waals surface area contributed by atoms with E-state index in [2.05, 4.69) is 22.3 Å². The Hall–Kier alpha value is -1.56. The number of rotatable bonds is 6. The van der Waals surface area contributed by atoms with E-state index in [-0.39, 0.29) is 5.91 Å². The van der Waals surface area contributed by atoms with Crippen LogP contribution in [-0.4, -0.2) is 55.2 Å². The zero-order chi connectivity index (χ0) is 15.9. The van der Waals surface area contributed by atoms with Crippen LogP contribution < -0.4 is 5.32 Å². The molecule has 1 saturated heterocycles. The number of hydrogen-bond donors (Lipinski definition) is 1. The Bertz CT molecular complexity index is 656. The molecule has 2 aromatic rings. The first-order valence-corrected chi connectivity index (χ1v) is 9.13. The summed E-state index contributed by atoms with van der Waals surface area (Å²) in [6.45, 7) is 4.69. The number of amides is 1. The van der Waals surface area contributed by atoms with Gasteiger partial charge in [-0.1, -0.05) is 30.3 Å². The van der Waals surface area contributed by atoms with Crippen molar-refractivity contribution in [2.24, 2.45) is 0 Å². The third-order valence-electron chi connectivity index (χ3n) is 3.92. The van der Waals surface area contributed by atoms with Gasteiger partial charge in [0.05, 0.1) is 19.0 Å². The van der Waals surface area contributed by atoms with E-state index < -0.39 is 0 Å². The van der Waals surface area contributed by atoms with Crippen molar-refractivity contribution in [2.45, 2.75) is 0 Å². The highest BCUT2D eigenvalue weighted by Crippen LogP contribution is 2.19. The topological polar surface area (TPSA) is 41.6 Å². The number of morpholine rings is 1. The van der Waals surface area contributed by atoms with E-state index >= 15 is 0 Å². The summed E-state index contributed by atoms with van der Waals surface area (Å²) in [7, 11) is 0. The Kier molecular flexibility index (Phi) is 5.91. The van der Waals surface area contributed by atoms with E-state index in [0.717, 1.165) is 49.7 Å². The molecule has 122 valence electrons. The van der Waals surface area contributed by atoms with Crippen molar-refractivity contribution in [3.63, 3.8) is 0 Å². The fourth-order valence-electron chi connectivity index (χ4n) is 2.65. The number of benzene rings is 2. The minimum absolute atomic E-state index is 0.0623. The maximum atomic E-state index is 12.0. The lowest BCUT2D eigenvalue weighted by molar-refractivity contribution is -0.113. The fraction of sp³-hybridized carbons (Fsp3) is 0.389. The van der Waals surface area contributed by atoms with Crippen LogP contribution >= 0.6 is 11.8 Å². The molecule has 0 spiro atoms. The van der Waals surface area contributed by atoms with E-state index in [0.29, 0.717) is 5.75 Å². The number of nitrogens with one attached hydrogen (secondary N) is 1. The molecule has 0 unspecified atom stereocenters. The zero-order valence-electron chi connectivity index (χ0n) is 13.2. The van der Waals surface area contributed by atoms with Gasteiger partial charge in [-0.3, -0.25) is 9.69 Å². The van der Waals surface area contributed by atoms with Crippen LogP contribution in [0.1, 0.15) is 0 Å². The van der Waals surface area contributed by atoms with Crippen molar-refractivity contribution in [1.29, 1.82) is 0 Å². The molecule has 0 bridgehead atoms. The Labute approximate surface area is 141 Å². The summed E-state index contributed by atoms with van der Waals surface area (Å²) in [4.78, 5) is 14.4. The SMILES string of the molecule is O=C(CSCCN1CCOCC1)Nc1ccc2ccccc2c1. The fourth-order valence-corrected chi connectivity index (χ4v) is 3.44. The van der Waals surface area contributed by atoms with Gasteiger partial charge in [-0.25, -0.2) is 0 Å². The van der Waals surface area contributed by atoms with Crippen molar-refractivity contribution >= 4 is 34.1 Å². The molecule has 23 heavy (non-hydrogen) atoms. The first-order valence-electron chi connectivity index (χ1n) is 7.98. The van der Waals surface area contributed by atoms with Gasteiger partial charge in [0.25, 0.3) is 0 Å². The van der Waals surface area contributed by atoms with Crippen molar-refractivity contribution in [2.75, 3.05) is 49.7 Å². The third kappa shape index (κ3) is 4.96. The van der Waals surface area contributed by atoms with Crippen LogP contribution in [0.5, 0.6) is 0 Å². The predicted octanol–water partition coefficient (Wildman–Crippen LogP) is 2.84. The summed E-state index contributed by atoms with van der Waals surface area (Å²) in [5, 5.41) is 5.31. The highest BCUT2D eigenvalue weighted by Gasteiger charge is 2.10. The van der Waals surface area contributed by atoms with E-state index in [1.165, 1.54) is 5.39 Å². The minimum Gasteiger partial charge on any atom is -0.379 e. The molecule has 1 aliphatic rings. The van der Waals surface area contributed by atoms with Gasteiger partial charge >= 0.3 is 0 Å². The largest absolute Gasteiger partial charge is 0.379 e. The lowest BCUT2D eigenvalue weighted by Crippen LogP contribution is -2.37. The van der Waals surface area contributed by atoms with Gasteiger partial charge in [-0.2, -0.15) is 11.8 Å². The normalized spacial score (nSPS) is 15.7. The van der Waals surface area contributed by atoms with E-state index in [1.807, 2.05) is 30.3 Å². The van der Waals surface area contributed by atoms with Crippen LogP contribution in [0, 0.1) is 0 Å². The van der Waals surface area contributed by atoms with Crippen molar-refractivity contribution in [1.82, 2.24) is 4.90 Å². The number of anilines is 1. The zero-order valence-corrected chi connectivity index (χ0v) is 14.0. The van der Waals surface area contributed by atoms with Gasteiger partial charge in [0.15, 0.2) is 0 Å². The van der Waals surface area contributed by atoms with Crippen molar-refractivity contribution < 1.29 is 9.53 Å². The highest BCUT2D eigenvalue weighted by molar-refractivity contribution is 7.99. The maximum absolute atomic E-state index is 12.0. The summed E-state index contributed by atoms with van der Waals surface area (Å²) in [6, 6.07) is 14.2. The maximum Gasteiger partial charge on any atom is 0.234 e. The second-order valence-corrected chi connectivity index (χ2v) is 6.72. The van der Waals surface area contributed by atoms with Gasteiger partial charge in [0.1, 0.15) is 0 Å². The smallest absolute Gasteiger partial charge is 0.234 e. The number of hydrogen-bond acceptors (Lipinski definition) is 4. The third-order valence-corrected chi connectivity index (χ3v) is 4.86. The average Bonchev–Trinajstić information content (AvgIpc) is 2.59. The molecule has 0 radical (unpaired) electrons. The molecule has 3 rings (SSSR count). The summed E-state index contributed by atoms with van der Waals surface area (Å²) in [5.41, 5.74) is 0.863. The lowest BCUT2D eigenvalue weighted by Gasteiger charge is -2.26. The van der Waals surface area contributed by atoms with E-state index in [9.17, 15) is 4.79 Å². The summed E-state index contributed by atoms with van der Waals surface area (Å²) in [6.07, 6.45) is 0. The minimum atomic E-state index is 0.0623. The number of fused-ring (bicyclic) bond motifs is 1. The molecule has 1 N–H and O–H groups in total. The lowest BCUT2D eigenvalue weighted by atomic mass is 10.1. The molecular formula is C18H22N2O2S. The molecule has 1 amide bonds. The highest BCUT2D eigenvalue weighted by atomic mass is 32.2. The number of carbonyl (C=O) groups is 1. The van der Waals surface area contributed by atoms with Gasteiger partial charge in [-0.05, 0) is 22.9 Å². The molecule has 2 aromatic carbocycles. The Morgan fingerprint density at radius 3 is 2.74 bits per heavy atom. The van der Waals surface area contributed by atoms with Crippen molar-refractivity contribution in [3.05, 3.63) is 42.5 Å². The summed E-state index contributed by atoms with van der Waals surface area (Å²) >= 11 is 1.68. The molecule has 4 nitrogen and oxygen atoms in total. The van der Waals surface area contributed by atoms with E-state index in [4.69, 9.17) is 4.74 Å². The quantitative estimate of drug-likeness (QED) is 0.827. The Morgan fingerprint density at radius 2 is 1.91 bits per heavy atom. The van der Waals surface area contributed by atoms with Crippen LogP contribution in [0.15, 0.2) is 42.5 Å². The number of nitrogens with zero attached hydrogens (tertiary/aromatic N) is 1. The predicted molar refractivity (Wildman–Crippen MR) is 97.2 cm³/mol. The van der Waals surface area contributed by atoms with Crippen LogP contribution in [-0.2, 0) is 9.53 Å². The molecule has 1 fully saturated rings. The van der Waals surface area contributed by atoms with Crippen molar-refractivity contribution in [3.8, 4) is 0 Å². The molecule has 1 heterocycles. The average molecular weight is 330 g/mol. The van der Waals surface area contributed by atoms with Crippen LogP contribution in [0.25, 0.3) is 10.8 Å². The van der Waals surface area contributed by atoms with Gasteiger partial charge in [0, 0.05) is 31.1 Å². The van der Waals surface area contributed by atoms with Crippen LogP contribution in [0.2, 0.25) is 0 Å². The van der Waals surface area contributed by atoms with Crippen LogP contribution in [0.4, 0.5) is 5.69 Å². The van der Waals surface area contributed by atoms with Crippen LogP contribution in [0.3, 0.4) is 0 Å². The monoisotopic (exact) mass is 330 g/mol. The Balaban J connectivity index is 1.41. The van der Waals surface area contributed by atoms with Gasteiger partial charge in [0.2, 0.25) is 5.91 Å². The van der Waals surface area contributed by atoms with Gasteiger partial charge in [-0.15, -0.1) is 0 Å². The summed E-state index contributed by atoms with van der Waals surface area (Å²) in [5.74, 6) is 1.54. The second kappa shape index (κ2) is 8.34. The molecular weight excluding hydrogens is 308 g/mol. The number of thioether (sulfide) groups is 1. The standard InChI is InChI=1S/C18H22N2O2S/c21-18(14-23-12-9-20-7-10-22-11-8-20)19-17-6-5-15-3-1-2-4-16(15)13-17/h1-6,13H,7-12,14H2,(H,19,21).